The fraction of sp³-hybridized carbons (Fsp3) is 0.167. The van der Waals surface area contributed by atoms with Crippen LogP contribution in [0.3, 0.4) is 0 Å². The van der Waals surface area contributed by atoms with Crippen LogP contribution >= 0.6 is 0 Å². The van der Waals surface area contributed by atoms with Gasteiger partial charge < -0.3 is 15.0 Å². The summed E-state index contributed by atoms with van der Waals surface area (Å²) in [6.07, 6.45) is 0. The molecule has 0 atom stereocenters. The van der Waals surface area contributed by atoms with Gasteiger partial charge >= 0.3 is 5.97 Å². The first-order valence-electron chi connectivity index (χ1n) is 9.40. The van der Waals surface area contributed by atoms with Crippen molar-refractivity contribution in [1.82, 2.24) is 0 Å². The molecule has 29 heavy (non-hydrogen) atoms. The van der Waals surface area contributed by atoms with Gasteiger partial charge in [0.05, 0.1) is 25.8 Å². The second-order valence-corrected chi connectivity index (χ2v) is 6.72. The third kappa shape index (κ3) is 5.45. The normalized spacial score (nSPS) is 10.3. The highest BCUT2D eigenvalue weighted by molar-refractivity contribution is 5.96. The summed E-state index contributed by atoms with van der Waals surface area (Å²) in [6.45, 7) is 2.65. The van der Waals surface area contributed by atoms with Crippen LogP contribution in [0.1, 0.15) is 21.5 Å². The molecular weight excluding hydrogens is 364 g/mol. The van der Waals surface area contributed by atoms with Crippen LogP contribution in [0.15, 0.2) is 78.9 Å². The van der Waals surface area contributed by atoms with E-state index in [1.165, 1.54) is 7.11 Å². The lowest BCUT2D eigenvalue weighted by Crippen LogP contribution is -2.35. The largest absolute Gasteiger partial charge is 0.465 e. The van der Waals surface area contributed by atoms with Crippen LogP contribution in [-0.4, -0.2) is 25.5 Å². The molecule has 3 aromatic carbocycles. The summed E-state index contributed by atoms with van der Waals surface area (Å²) < 4.78 is 4.70. The maximum Gasteiger partial charge on any atom is 0.337 e. The molecule has 0 saturated heterocycles. The molecule has 0 aromatic heterocycles. The highest BCUT2D eigenvalue weighted by atomic mass is 16.5. The monoisotopic (exact) mass is 388 g/mol. The lowest BCUT2D eigenvalue weighted by atomic mass is 10.1. The Labute approximate surface area is 170 Å². The molecule has 0 radical (unpaired) electrons. The van der Waals surface area contributed by atoms with E-state index in [-0.39, 0.29) is 18.4 Å². The van der Waals surface area contributed by atoms with E-state index in [9.17, 15) is 9.59 Å². The van der Waals surface area contributed by atoms with Gasteiger partial charge in [-0.25, -0.2) is 4.79 Å². The Kier molecular flexibility index (Phi) is 6.63. The molecular formula is C24H24N2O3. The first-order valence-corrected chi connectivity index (χ1v) is 9.40. The van der Waals surface area contributed by atoms with Gasteiger partial charge in [0.2, 0.25) is 5.91 Å². The molecule has 148 valence electrons. The molecule has 3 aromatic rings. The fourth-order valence-electron chi connectivity index (χ4n) is 2.93. The van der Waals surface area contributed by atoms with Crippen LogP contribution in [0.25, 0.3) is 0 Å². The SMILES string of the molecule is COC(=O)c1ccc(NCC(=O)N(Cc2ccccc2)c2ccc(C)cc2)cc1. The van der Waals surface area contributed by atoms with Gasteiger partial charge in [-0.1, -0.05) is 48.0 Å². The molecule has 0 bridgehead atoms. The number of rotatable bonds is 7. The summed E-state index contributed by atoms with van der Waals surface area (Å²) in [5, 5.41) is 3.13. The number of methoxy groups -OCH3 is 1. The predicted octanol–water partition coefficient (Wildman–Crippen LogP) is 4.43. The third-order valence-electron chi connectivity index (χ3n) is 4.58. The van der Waals surface area contributed by atoms with Crippen LogP contribution in [0.4, 0.5) is 11.4 Å². The van der Waals surface area contributed by atoms with Crippen molar-refractivity contribution in [3.8, 4) is 0 Å². The quantitative estimate of drug-likeness (QED) is 0.609. The van der Waals surface area contributed by atoms with Gasteiger partial charge in [0, 0.05) is 11.4 Å². The zero-order valence-corrected chi connectivity index (χ0v) is 16.6. The van der Waals surface area contributed by atoms with Crippen molar-refractivity contribution >= 4 is 23.3 Å². The minimum Gasteiger partial charge on any atom is -0.465 e. The molecule has 1 N–H and O–H groups in total. The molecule has 5 nitrogen and oxygen atoms in total. The van der Waals surface area contributed by atoms with Crippen LogP contribution in [-0.2, 0) is 16.1 Å². The number of hydrogen-bond donors (Lipinski definition) is 1. The molecule has 0 aliphatic heterocycles. The van der Waals surface area contributed by atoms with Gasteiger partial charge in [0.1, 0.15) is 0 Å². The summed E-state index contributed by atoms with van der Waals surface area (Å²) in [4.78, 5) is 26.3. The Hall–Kier alpha value is -3.60. The van der Waals surface area contributed by atoms with Crippen molar-refractivity contribution in [3.63, 3.8) is 0 Å². The Balaban J connectivity index is 1.72. The summed E-state index contributed by atoms with van der Waals surface area (Å²) in [6, 6.07) is 24.7. The molecule has 5 heteroatoms. The van der Waals surface area contributed by atoms with E-state index in [2.05, 4.69) is 5.32 Å². The van der Waals surface area contributed by atoms with Gasteiger partial charge in [-0.05, 0) is 48.9 Å². The molecule has 0 aliphatic rings. The molecule has 0 saturated carbocycles. The number of nitrogens with zero attached hydrogens (tertiary/aromatic N) is 1. The number of aryl methyl sites for hydroxylation is 1. The second kappa shape index (κ2) is 9.55. The van der Waals surface area contributed by atoms with Crippen LogP contribution in [0, 0.1) is 6.92 Å². The summed E-state index contributed by atoms with van der Waals surface area (Å²) in [7, 11) is 1.35. The zero-order chi connectivity index (χ0) is 20.6. The Morgan fingerprint density at radius 3 is 2.17 bits per heavy atom. The number of carbonyl (C=O) groups is 2. The van der Waals surface area contributed by atoms with E-state index < -0.39 is 0 Å². The van der Waals surface area contributed by atoms with Gasteiger partial charge in [0.15, 0.2) is 0 Å². The Bertz CT molecular complexity index is 952. The summed E-state index contributed by atoms with van der Waals surface area (Å²) >= 11 is 0. The standard InChI is InChI=1S/C24H24N2O3/c1-18-8-14-22(15-9-18)26(17-19-6-4-3-5-7-19)23(27)16-25-21-12-10-20(11-13-21)24(28)29-2/h3-15,25H,16-17H2,1-2H3. The topological polar surface area (TPSA) is 58.6 Å². The minimum absolute atomic E-state index is 0.0465. The summed E-state index contributed by atoms with van der Waals surface area (Å²) in [5.74, 6) is -0.434. The van der Waals surface area contributed by atoms with Crippen molar-refractivity contribution in [3.05, 3.63) is 95.6 Å². The van der Waals surface area contributed by atoms with E-state index in [1.54, 1.807) is 29.2 Å². The van der Waals surface area contributed by atoms with Gasteiger partial charge in [-0.15, -0.1) is 0 Å². The Morgan fingerprint density at radius 1 is 0.897 bits per heavy atom. The predicted molar refractivity (Wildman–Crippen MR) is 115 cm³/mol. The number of anilines is 2. The first-order chi connectivity index (χ1) is 14.1. The van der Waals surface area contributed by atoms with Crippen molar-refractivity contribution in [2.75, 3.05) is 23.9 Å². The average Bonchev–Trinajstić information content (AvgIpc) is 2.77. The van der Waals surface area contributed by atoms with Crippen molar-refractivity contribution < 1.29 is 14.3 Å². The number of carbonyl (C=O) groups excluding carboxylic acids is 2. The number of amides is 1. The average molecular weight is 388 g/mol. The maximum absolute atomic E-state index is 13.0. The highest BCUT2D eigenvalue weighted by Gasteiger charge is 2.16. The fourth-order valence-corrected chi connectivity index (χ4v) is 2.93. The van der Waals surface area contributed by atoms with Gasteiger partial charge in [-0.2, -0.15) is 0 Å². The van der Waals surface area contributed by atoms with E-state index in [1.807, 2.05) is 61.5 Å². The zero-order valence-electron chi connectivity index (χ0n) is 16.6. The summed E-state index contributed by atoms with van der Waals surface area (Å²) in [5.41, 5.74) is 4.28. The lowest BCUT2D eigenvalue weighted by Gasteiger charge is -2.24. The molecule has 3 rings (SSSR count). The lowest BCUT2D eigenvalue weighted by molar-refractivity contribution is -0.117. The number of hydrogen-bond acceptors (Lipinski definition) is 4. The molecule has 0 heterocycles. The Morgan fingerprint density at radius 2 is 1.55 bits per heavy atom. The number of benzene rings is 3. The second-order valence-electron chi connectivity index (χ2n) is 6.72. The van der Waals surface area contributed by atoms with E-state index in [4.69, 9.17) is 4.74 Å². The maximum atomic E-state index is 13.0. The first kappa shape index (κ1) is 20.1. The molecule has 0 fully saturated rings. The van der Waals surface area contributed by atoms with Gasteiger partial charge in [-0.3, -0.25) is 4.79 Å². The highest BCUT2D eigenvalue weighted by Crippen LogP contribution is 2.19. The van der Waals surface area contributed by atoms with Crippen molar-refractivity contribution in [1.29, 1.82) is 0 Å². The third-order valence-corrected chi connectivity index (χ3v) is 4.58. The number of nitrogens with one attached hydrogen (secondary N) is 1. The molecule has 0 spiro atoms. The number of esters is 1. The smallest absolute Gasteiger partial charge is 0.337 e. The number of ether oxygens (including phenoxy) is 1. The van der Waals surface area contributed by atoms with Crippen molar-refractivity contribution in [2.45, 2.75) is 13.5 Å². The molecule has 0 unspecified atom stereocenters. The molecule has 1 amide bonds. The van der Waals surface area contributed by atoms with Gasteiger partial charge in [0.25, 0.3) is 0 Å². The van der Waals surface area contributed by atoms with E-state index in [0.717, 1.165) is 22.5 Å². The van der Waals surface area contributed by atoms with Crippen LogP contribution in [0.2, 0.25) is 0 Å². The van der Waals surface area contributed by atoms with E-state index >= 15 is 0 Å². The van der Waals surface area contributed by atoms with Crippen LogP contribution < -0.4 is 10.2 Å². The van der Waals surface area contributed by atoms with Crippen LogP contribution in [0.5, 0.6) is 0 Å². The van der Waals surface area contributed by atoms with E-state index in [0.29, 0.717) is 12.1 Å². The van der Waals surface area contributed by atoms with Crippen molar-refractivity contribution in [2.24, 2.45) is 0 Å². The molecule has 0 aliphatic carbocycles. The minimum atomic E-state index is -0.388.